The van der Waals surface area contributed by atoms with E-state index in [0.717, 1.165) is 17.8 Å². The Labute approximate surface area is 58.7 Å². The van der Waals surface area contributed by atoms with Crippen LogP contribution in [-0.2, 0) is 0 Å². The highest BCUT2D eigenvalue weighted by atomic mass is 14.3. The SMILES string of the molecule is CCC1C[C@@H](C)C[C@@H]1C. The lowest BCUT2D eigenvalue weighted by atomic mass is 9.96. The lowest BCUT2D eigenvalue weighted by Crippen LogP contribution is -2.00. The molecule has 0 nitrogen and oxygen atoms in total. The highest BCUT2D eigenvalue weighted by Crippen LogP contribution is 2.37. The van der Waals surface area contributed by atoms with Crippen molar-refractivity contribution in [3.63, 3.8) is 0 Å². The number of rotatable bonds is 1. The third-order valence-electron chi connectivity index (χ3n) is 2.81. The van der Waals surface area contributed by atoms with Gasteiger partial charge in [-0.2, -0.15) is 0 Å². The molecule has 1 rings (SSSR count). The van der Waals surface area contributed by atoms with E-state index in [1.807, 2.05) is 0 Å². The van der Waals surface area contributed by atoms with Crippen LogP contribution in [0.1, 0.15) is 40.0 Å². The summed E-state index contributed by atoms with van der Waals surface area (Å²) in [5.74, 6) is 3.05. The van der Waals surface area contributed by atoms with E-state index in [0.29, 0.717) is 0 Å². The van der Waals surface area contributed by atoms with Gasteiger partial charge in [-0.15, -0.1) is 0 Å². The smallest absolute Gasteiger partial charge is 0.0388 e. The lowest BCUT2D eigenvalue weighted by molar-refractivity contribution is 0.406. The molecular weight excluding hydrogens is 108 g/mol. The van der Waals surface area contributed by atoms with Gasteiger partial charge in [0.2, 0.25) is 0 Å². The van der Waals surface area contributed by atoms with E-state index in [4.69, 9.17) is 0 Å². The van der Waals surface area contributed by atoms with Crippen molar-refractivity contribution >= 4 is 0 Å². The first kappa shape index (κ1) is 7.11. The standard InChI is InChI=1S/C9H18/c1-4-9-6-7(2)5-8(9)3/h7-9H,4-6H2,1-3H3/t7-,8-,9?/m0/s1. The van der Waals surface area contributed by atoms with Crippen molar-refractivity contribution in [3.8, 4) is 0 Å². The maximum atomic E-state index is 2.40. The molecule has 0 aromatic carbocycles. The predicted molar refractivity (Wildman–Crippen MR) is 41.3 cm³/mol. The zero-order valence-corrected chi connectivity index (χ0v) is 6.85. The summed E-state index contributed by atoms with van der Waals surface area (Å²) < 4.78 is 0. The van der Waals surface area contributed by atoms with E-state index in [1.54, 1.807) is 0 Å². The molecule has 1 aliphatic rings. The lowest BCUT2D eigenvalue weighted by Gasteiger charge is -2.10. The molecule has 0 spiro atoms. The quantitative estimate of drug-likeness (QED) is 0.506. The first-order chi connectivity index (χ1) is 4.24. The first-order valence-corrected chi connectivity index (χ1v) is 4.24. The van der Waals surface area contributed by atoms with E-state index in [-0.39, 0.29) is 0 Å². The molecule has 0 heterocycles. The van der Waals surface area contributed by atoms with Crippen LogP contribution in [0.25, 0.3) is 0 Å². The minimum atomic E-state index is 1.00. The summed E-state index contributed by atoms with van der Waals surface area (Å²) >= 11 is 0. The summed E-state index contributed by atoms with van der Waals surface area (Å²) in [6.07, 6.45) is 4.35. The van der Waals surface area contributed by atoms with Gasteiger partial charge in [0.05, 0.1) is 0 Å². The summed E-state index contributed by atoms with van der Waals surface area (Å²) in [4.78, 5) is 0. The zero-order valence-electron chi connectivity index (χ0n) is 6.85. The summed E-state index contributed by atoms with van der Waals surface area (Å²) in [6, 6.07) is 0. The van der Waals surface area contributed by atoms with Gasteiger partial charge in [-0.25, -0.2) is 0 Å². The monoisotopic (exact) mass is 126 g/mol. The van der Waals surface area contributed by atoms with Crippen molar-refractivity contribution in [2.75, 3.05) is 0 Å². The fourth-order valence-corrected chi connectivity index (χ4v) is 2.24. The van der Waals surface area contributed by atoms with Crippen molar-refractivity contribution in [2.45, 2.75) is 40.0 Å². The molecule has 1 aliphatic carbocycles. The van der Waals surface area contributed by atoms with Crippen LogP contribution < -0.4 is 0 Å². The summed E-state index contributed by atoms with van der Waals surface area (Å²) in [5.41, 5.74) is 0. The van der Waals surface area contributed by atoms with Crippen LogP contribution >= 0.6 is 0 Å². The average molecular weight is 126 g/mol. The molecule has 0 saturated heterocycles. The van der Waals surface area contributed by atoms with Gasteiger partial charge in [-0.1, -0.05) is 27.2 Å². The third-order valence-corrected chi connectivity index (χ3v) is 2.81. The van der Waals surface area contributed by atoms with Gasteiger partial charge in [-0.05, 0) is 30.6 Å². The molecule has 0 radical (unpaired) electrons. The van der Waals surface area contributed by atoms with Gasteiger partial charge in [0.25, 0.3) is 0 Å². The first-order valence-electron chi connectivity index (χ1n) is 4.24. The second kappa shape index (κ2) is 2.72. The van der Waals surface area contributed by atoms with Gasteiger partial charge >= 0.3 is 0 Å². The van der Waals surface area contributed by atoms with Crippen LogP contribution in [0.5, 0.6) is 0 Å². The molecule has 0 N–H and O–H groups in total. The molecule has 3 atom stereocenters. The summed E-state index contributed by atoms with van der Waals surface area (Å²) in [5, 5.41) is 0. The van der Waals surface area contributed by atoms with Crippen molar-refractivity contribution in [1.82, 2.24) is 0 Å². The van der Waals surface area contributed by atoms with Gasteiger partial charge in [0, 0.05) is 0 Å². The van der Waals surface area contributed by atoms with Crippen LogP contribution in [0, 0.1) is 17.8 Å². The van der Waals surface area contributed by atoms with Gasteiger partial charge in [-0.3, -0.25) is 0 Å². The van der Waals surface area contributed by atoms with Gasteiger partial charge in [0.1, 0.15) is 0 Å². The Hall–Kier alpha value is 0. The molecule has 0 aromatic rings. The third kappa shape index (κ3) is 1.47. The maximum absolute atomic E-state index is 2.40. The van der Waals surface area contributed by atoms with Crippen molar-refractivity contribution < 1.29 is 0 Å². The molecule has 9 heavy (non-hydrogen) atoms. The highest BCUT2D eigenvalue weighted by Gasteiger charge is 2.26. The fourth-order valence-electron chi connectivity index (χ4n) is 2.24. The minimum Gasteiger partial charge on any atom is -0.0651 e. The molecule has 0 bridgehead atoms. The molecule has 0 aromatic heterocycles. The normalized spacial score (nSPS) is 43.7. The van der Waals surface area contributed by atoms with Crippen LogP contribution in [0.15, 0.2) is 0 Å². The Morgan fingerprint density at radius 3 is 2.11 bits per heavy atom. The van der Waals surface area contributed by atoms with Crippen LogP contribution in [-0.4, -0.2) is 0 Å². The fraction of sp³-hybridized carbons (Fsp3) is 1.00. The van der Waals surface area contributed by atoms with Gasteiger partial charge in [0.15, 0.2) is 0 Å². The number of hydrogen-bond acceptors (Lipinski definition) is 0. The molecule has 0 aliphatic heterocycles. The largest absolute Gasteiger partial charge is 0.0651 e. The molecule has 0 heteroatoms. The molecule has 54 valence electrons. The summed E-state index contributed by atoms with van der Waals surface area (Å²) in [7, 11) is 0. The Morgan fingerprint density at radius 2 is 1.89 bits per heavy atom. The Kier molecular flexibility index (Phi) is 2.15. The summed E-state index contributed by atoms with van der Waals surface area (Å²) in [6.45, 7) is 7.10. The Morgan fingerprint density at radius 1 is 1.22 bits per heavy atom. The average Bonchev–Trinajstić information content (AvgIpc) is 2.10. The van der Waals surface area contributed by atoms with E-state index in [9.17, 15) is 0 Å². The predicted octanol–water partition coefficient (Wildman–Crippen LogP) is 3.08. The van der Waals surface area contributed by atoms with Crippen molar-refractivity contribution in [2.24, 2.45) is 17.8 Å². The Bertz CT molecular complexity index is 86.0. The molecule has 0 amide bonds. The topological polar surface area (TPSA) is 0 Å². The van der Waals surface area contributed by atoms with Crippen LogP contribution in [0.2, 0.25) is 0 Å². The van der Waals surface area contributed by atoms with Gasteiger partial charge < -0.3 is 0 Å². The van der Waals surface area contributed by atoms with E-state index in [1.165, 1.54) is 19.3 Å². The minimum absolute atomic E-state index is 1.00. The molecule has 1 fully saturated rings. The van der Waals surface area contributed by atoms with E-state index in [2.05, 4.69) is 20.8 Å². The second-order valence-electron chi connectivity index (χ2n) is 3.72. The maximum Gasteiger partial charge on any atom is -0.0388 e. The molecular formula is C9H18. The zero-order chi connectivity index (χ0) is 6.85. The van der Waals surface area contributed by atoms with E-state index >= 15 is 0 Å². The van der Waals surface area contributed by atoms with E-state index < -0.39 is 0 Å². The van der Waals surface area contributed by atoms with Crippen LogP contribution in [0.3, 0.4) is 0 Å². The highest BCUT2D eigenvalue weighted by molar-refractivity contribution is 4.77. The molecule has 1 unspecified atom stereocenters. The van der Waals surface area contributed by atoms with Crippen LogP contribution in [0.4, 0.5) is 0 Å². The van der Waals surface area contributed by atoms with Crippen molar-refractivity contribution in [1.29, 1.82) is 0 Å². The molecule has 1 saturated carbocycles. The number of hydrogen-bond donors (Lipinski definition) is 0. The Balaban J connectivity index is 2.38. The van der Waals surface area contributed by atoms with Crippen molar-refractivity contribution in [3.05, 3.63) is 0 Å². The second-order valence-corrected chi connectivity index (χ2v) is 3.72.